The number of amides is 1. The van der Waals surface area contributed by atoms with E-state index in [-0.39, 0.29) is 5.91 Å². The molecular weight excluding hydrogens is 232 g/mol. The van der Waals surface area contributed by atoms with Crippen LogP contribution in [0, 0.1) is 11.8 Å². The van der Waals surface area contributed by atoms with Gasteiger partial charge in [-0.2, -0.15) is 0 Å². The third kappa shape index (κ3) is 2.32. The van der Waals surface area contributed by atoms with Crippen molar-refractivity contribution in [1.29, 1.82) is 0 Å². The van der Waals surface area contributed by atoms with Crippen molar-refractivity contribution in [3.05, 3.63) is 16.3 Å². The van der Waals surface area contributed by atoms with E-state index in [4.69, 9.17) is 5.73 Å². The minimum absolute atomic E-state index is 0.100. The fraction of sp³-hybridized carbons (Fsp3) is 0.615. The van der Waals surface area contributed by atoms with Gasteiger partial charge in [0.05, 0.1) is 5.69 Å². The number of nitrogens with zero attached hydrogens (tertiary/aromatic N) is 1. The van der Waals surface area contributed by atoms with Gasteiger partial charge >= 0.3 is 0 Å². The van der Waals surface area contributed by atoms with Crippen LogP contribution in [0.3, 0.4) is 0 Å². The molecule has 1 amide bonds. The van der Waals surface area contributed by atoms with Gasteiger partial charge in [0, 0.05) is 12.6 Å². The molecule has 4 heteroatoms. The Morgan fingerprint density at radius 3 is 2.76 bits per heavy atom. The molecule has 0 spiro atoms. The Morgan fingerprint density at radius 2 is 2.18 bits per heavy atom. The van der Waals surface area contributed by atoms with Crippen molar-refractivity contribution < 1.29 is 4.79 Å². The predicted molar refractivity (Wildman–Crippen MR) is 72.2 cm³/mol. The molecule has 3 unspecified atom stereocenters. The van der Waals surface area contributed by atoms with E-state index in [1.807, 2.05) is 10.3 Å². The molecule has 0 aromatic carbocycles. The van der Waals surface area contributed by atoms with E-state index in [2.05, 4.69) is 20.8 Å². The number of hydrogen-bond acceptors (Lipinski definition) is 3. The second-order valence-electron chi connectivity index (χ2n) is 5.22. The van der Waals surface area contributed by atoms with Crippen LogP contribution in [0.25, 0.3) is 0 Å². The first-order valence-electron chi connectivity index (χ1n) is 6.14. The predicted octanol–water partition coefficient (Wildman–Crippen LogP) is 2.84. The Morgan fingerprint density at radius 1 is 1.47 bits per heavy atom. The van der Waals surface area contributed by atoms with Crippen LogP contribution < -0.4 is 5.73 Å². The molecule has 2 N–H and O–H groups in total. The number of anilines is 1. The molecular formula is C13H20N2OS. The fourth-order valence-electron chi connectivity index (χ4n) is 2.61. The fourth-order valence-corrected chi connectivity index (χ4v) is 3.38. The first-order valence-corrected chi connectivity index (χ1v) is 7.02. The van der Waals surface area contributed by atoms with Crippen LogP contribution in [-0.2, 0) is 0 Å². The molecule has 0 saturated carbocycles. The molecule has 2 rings (SSSR count). The molecule has 1 saturated heterocycles. The minimum Gasteiger partial charge on any atom is -0.397 e. The van der Waals surface area contributed by atoms with Gasteiger partial charge in [-0.05, 0) is 36.6 Å². The average molecular weight is 252 g/mol. The topological polar surface area (TPSA) is 46.3 Å². The normalized spacial score (nSPS) is 29.4. The molecule has 3 nitrogen and oxygen atoms in total. The lowest BCUT2D eigenvalue weighted by molar-refractivity contribution is 0.0461. The summed E-state index contributed by atoms with van der Waals surface area (Å²) in [7, 11) is 0. The van der Waals surface area contributed by atoms with Crippen LogP contribution in [-0.4, -0.2) is 23.4 Å². The summed E-state index contributed by atoms with van der Waals surface area (Å²) in [6.07, 6.45) is 1.20. The molecule has 2 heterocycles. The number of carbonyl (C=O) groups is 1. The second kappa shape index (κ2) is 4.69. The Bertz CT molecular complexity index is 415. The van der Waals surface area contributed by atoms with Gasteiger partial charge in [0.1, 0.15) is 4.88 Å². The van der Waals surface area contributed by atoms with Gasteiger partial charge in [-0.15, -0.1) is 11.3 Å². The summed E-state index contributed by atoms with van der Waals surface area (Å²) in [5, 5.41) is 1.88. The highest BCUT2D eigenvalue weighted by Gasteiger charge is 2.33. The molecule has 1 fully saturated rings. The summed E-state index contributed by atoms with van der Waals surface area (Å²) in [6.45, 7) is 7.42. The summed E-state index contributed by atoms with van der Waals surface area (Å²) in [4.78, 5) is 15.1. The quantitative estimate of drug-likeness (QED) is 0.835. The summed E-state index contributed by atoms with van der Waals surface area (Å²) >= 11 is 1.44. The molecule has 1 aromatic rings. The maximum Gasteiger partial charge on any atom is 0.266 e. The molecule has 1 aromatic heterocycles. The third-order valence-electron chi connectivity index (χ3n) is 3.75. The highest BCUT2D eigenvalue weighted by molar-refractivity contribution is 7.12. The van der Waals surface area contributed by atoms with Crippen molar-refractivity contribution in [2.45, 2.75) is 33.2 Å². The zero-order valence-corrected chi connectivity index (χ0v) is 11.5. The Balaban J connectivity index is 2.21. The molecule has 3 atom stereocenters. The first kappa shape index (κ1) is 12.4. The smallest absolute Gasteiger partial charge is 0.266 e. The third-order valence-corrected chi connectivity index (χ3v) is 4.67. The standard InChI is InChI=1S/C13H20N2OS/c1-8-6-9(2)10(3)15(7-8)13(16)12-11(14)4-5-17-12/h4-5,8-10H,6-7,14H2,1-3H3. The molecule has 0 aliphatic carbocycles. The Kier molecular flexibility index (Phi) is 3.43. The van der Waals surface area contributed by atoms with E-state index in [1.165, 1.54) is 17.8 Å². The summed E-state index contributed by atoms with van der Waals surface area (Å²) in [5.74, 6) is 1.23. The van der Waals surface area contributed by atoms with Crippen molar-refractivity contribution in [2.24, 2.45) is 11.8 Å². The van der Waals surface area contributed by atoms with Gasteiger partial charge in [0.15, 0.2) is 0 Å². The van der Waals surface area contributed by atoms with E-state index >= 15 is 0 Å². The molecule has 94 valence electrons. The van der Waals surface area contributed by atoms with E-state index < -0.39 is 0 Å². The van der Waals surface area contributed by atoms with Gasteiger partial charge in [-0.3, -0.25) is 4.79 Å². The second-order valence-corrected chi connectivity index (χ2v) is 6.14. The lowest BCUT2D eigenvalue weighted by atomic mass is 9.86. The zero-order valence-electron chi connectivity index (χ0n) is 10.6. The van der Waals surface area contributed by atoms with Crippen LogP contribution >= 0.6 is 11.3 Å². The Labute approximate surface area is 107 Å². The molecule has 17 heavy (non-hydrogen) atoms. The number of nitrogens with two attached hydrogens (primary N) is 1. The van der Waals surface area contributed by atoms with Gasteiger partial charge in [-0.1, -0.05) is 13.8 Å². The number of hydrogen-bond donors (Lipinski definition) is 1. The lowest BCUT2D eigenvalue weighted by Crippen LogP contribution is -2.48. The van der Waals surface area contributed by atoms with Gasteiger partial charge in [0.2, 0.25) is 0 Å². The summed E-state index contributed by atoms with van der Waals surface area (Å²) < 4.78 is 0. The van der Waals surface area contributed by atoms with E-state index in [0.717, 1.165) is 6.54 Å². The van der Waals surface area contributed by atoms with Crippen molar-refractivity contribution in [1.82, 2.24) is 4.90 Å². The number of piperidine rings is 1. The molecule has 0 bridgehead atoms. The van der Waals surface area contributed by atoms with Crippen molar-refractivity contribution in [3.8, 4) is 0 Å². The van der Waals surface area contributed by atoms with Gasteiger partial charge < -0.3 is 10.6 Å². The molecule has 0 radical (unpaired) electrons. The van der Waals surface area contributed by atoms with Crippen molar-refractivity contribution in [3.63, 3.8) is 0 Å². The number of nitrogen functional groups attached to an aromatic ring is 1. The van der Waals surface area contributed by atoms with Crippen LogP contribution in [0.1, 0.15) is 36.9 Å². The summed E-state index contributed by atoms with van der Waals surface area (Å²) in [6, 6.07) is 2.11. The highest BCUT2D eigenvalue weighted by atomic mass is 32.1. The van der Waals surface area contributed by atoms with E-state index in [9.17, 15) is 4.79 Å². The highest BCUT2D eigenvalue weighted by Crippen LogP contribution is 2.30. The Hall–Kier alpha value is -1.03. The lowest BCUT2D eigenvalue weighted by Gasteiger charge is -2.41. The van der Waals surface area contributed by atoms with Crippen LogP contribution in [0.4, 0.5) is 5.69 Å². The van der Waals surface area contributed by atoms with Crippen molar-refractivity contribution >= 4 is 22.9 Å². The number of thiophene rings is 1. The molecule has 1 aliphatic heterocycles. The maximum atomic E-state index is 12.4. The minimum atomic E-state index is 0.100. The number of carbonyl (C=O) groups excluding carboxylic acids is 1. The molecule has 1 aliphatic rings. The first-order chi connectivity index (χ1) is 8.00. The van der Waals surface area contributed by atoms with Crippen LogP contribution in [0.5, 0.6) is 0 Å². The zero-order chi connectivity index (χ0) is 12.6. The van der Waals surface area contributed by atoms with E-state index in [1.54, 1.807) is 6.07 Å². The monoisotopic (exact) mass is 252 g/mol. The maximum absolute atomic E-state index is 12.4. The number of likely N-dealkylation sites (tertiary alicyclic amines) is 1. The van der Waals surface area contributed by atoms with Crippen LogP contribution in [0.2, 0.25) is 0 Å². The largest absolute Gasteiger partial charge is 0.397 e. The van der Waals surface area contributed by atoms with Crippen LogP contribution in [0.15, 0.2) is 11.4 Å². The SMILES string of the molecule is CC1CC(C)C(C)N(C(=O)c2sccc2N)C1. The van der Waals surface area contributed by atoms with Gasteiger partial charge in [-0.25, -0.2) is 0 Å². The summed E-state index contributed by atoms with van der Waals surface area (Å²) in [5.41, 5.74) is 6.44. The average Bonchev–Trinajstić information content (AvgIpc) is 2.69. The van der Waals surface area contributed by atoms with Gasteiger partial charge in [0.25, 0.3) is 5.91 Å². The van der Waals surface area contributed by atoms with E-state index in [0.29, 0.717) is 28.4 Å². The number of rotatable bonds is 1. The van der Waals surface area contributed by atoms with Crippen molar-refractivity contribution in [2.75, 3.05) is 12.3 Å².